The molecule has 2 nitrogen and oxygen atoms in total. The summed E-state index contributed by atoms with van der Waals surface area (Å²) in [6.45, 7) is 5.67. The van der Waals surface area contributed by atoms with E-state index in [0.717, 1.165) is 11.0 Å². The molecule has 0 aliphatic carbocycles. The molecular formula is C13H14O2. The molecule has 1 aromatic carbocycles. The van der Waals surface area contributed by atoms with E-state index in [1.165, 1.54) is 0 Å². The van der Waals surface area contributed by atoms with Crippen molar-refractivity contribution in [2.75, 3.05) is 0 Å². The first-order valence-electron chi connectivity index (χ1n) is 5.02. The lowest BCUT2D eigenvalue weighted by Gasteiger charge is -2.13. The van der Waals surface area contributed by atoms with Gasteiger partial charge in [0.25, 0.3) is 0 Å². The first-order valence-corrected chi connectivity index (χ1v) is 5.02. The summed E-state index contributed by atoms with van der Waals surface area (Å²) < 4.78 is 5.51. The Morgan fingerprint density at radius 2 is 1.87 bits per heavy atom. The average Bonchev–Trinajstić information content (AvgIpc) is 2.58. The van der Waals surface area contributed by atoms with E-state index >= 15 is 0 Å². The van der Waals surface area contributed by atoms with Crippen LogP contribution in [-0.4, -0.2) is 5.78 Å². The minimum absolute atomic E-state index is 0.0405. The Morgan fingerprint density at radius 3 is 2.47 bits per heavy atom. The fraction of sp³-hybridized carbons (Fsp3) is 0.308. The van der Waals surface area contributed by atoms with Gasteiger partial charge in [0.15, 0.2) is 5.76 Å². The van der Waals surface area contributed by atoms with Crippen LogP contribution in [0.3, 0.4) is 0 Å². The zero-order valence-electron chi connectivity index (χ0n) is 9.20. The topological polar surface area (TPSA) is 30.2 Å². The quantitative estimate of drug-likeness (QED) is 0.660. The molecule has 1 heterocycles. The fourth-order valence-corrected chi connectivity index (χ4v) is 1.46. The van der Waals surface area contributed by atoms with E-state index in [-0.39, 0.29) is 5.78 Å². The molecular weight excluding hydrogens is 188 g/mol. The monoisotopic (exact) mass is 202 g/mol. The Kier molecular flexibility index (Phi) is 2.14. The summed E-state index contributed by atoms with van der Waals surface area (Å²) in [7, 11) is 0. The molecule has 0 aliphatic heterocycles. The molecule has 78 valence electrons. The summed E-state index contributed by atoms with van der Waals surface area (Å²) in [5, 5.41) is 0.977. The van der Waals surface area contributed by atoms with Crippen LogP contribution in [0.4, 0.5) is 0 Å². The van der Waals surface area contributed by atoms with Crippen LogP contribution in [0.25, 0.3) is 11.0 Å². The van der Waals surface area contributed by atoms with Gasteiger partial charge in [-0.2, -0.15) is 0 Å². The minimum atomic E-state index is -0.395. The number of Topliss-reactive ketones (excluding diaryl/α,β-unsaturated/α-hetero) is 1. The Hall–Kier alpha value is -1.57. The maximum Gasteiger partial charge on any atom is 0.203 e. The zero-order valence-corrected chi connectivity index (χ0v) is 9.20. The molecule has 0 amide bonds. The Labute approximate surface area is 88.9 Å². The van der Waals surface area contributed by atoms with Gasteiger partial charge in [0.1, 0.15) is 5.58 Å². The standard InChI is InChI=1S/C13H14O2/c1-13(2,3)12(14)11-8-9-6-4-5-7-10(9)15-11/h4-8H,1-3H3. The van der Waals surface area contributed by atoms with Gasteiger partial charge in [0.2, 0.25) is 5.78 Å². The van der Waals surface area contributed by atoms with Crippen LogP contribution in [0.2, 0.25) is 0 Å². The molecule has 2 heteroatoms. The van der Waals surface area contributed by atoms with Crippen LogP contribution < -0.4 is 0 Å². The SMILES string of the molecule is CC(C)(C)C(=O)c1cc2ccccc2o1. The van der Waals surface area contributed by atoms with E-state index in [2.05, 4.69) is 0 Å². The Bertz CT molecular complexity index is 467. The molecule has 1 aromatic heterocycles. The molecule has 0 N–H and O–H groups in total. The Balaban J connectivity index is 2.50. The van der Waals surface area contributed by atoms with Gasteiger partial charge in [-0.05, 0) is 12.1 Å². The van der Waals surface area contributed by atoms with Gasteiger partial charge in [-0.3, -0.25) is 4.79 Å². The molecule has 0 spiro atoms. The normalized spacial score (nSPS) is 11.9. The highest BCUT2D eigenvalue weighted by atomic mass is 16.3. The smallest absolute Gasteiger partial charge is 0.203 e. The maximum absolute atomic E-state index is 11.9. The number of carbonyl (C=O) groups is 1. The third-order valence-electron chi connectivity index (χ3n) is 2.33. The highest BCUT2D eigenvalue weighted by molar-refractivity contribution is 6.00. The maximum atomic E-state index is 11.9. The molecule has 0 bridgehead atoms. The molecule has 0 saturated carbocycles. The highest BCUT2D eigenvalue weighted by Crippen LogP contribution is 2.25. The second-order valence-electron chi connectivity index (χ2n) is 4.73. The predicted molar refractivity (Wildman–Crippen MR) is 60.0 cm³/mol. The van der Waals surface area contributed by atoms with Crippen molar-refractivity contribution in [1.82, 2.24) is 0 Å². The van der Waals surface area contributed by atoms with Crippen LogP contribution in [0.1, 0.15) is 31.3 Å². The minimum Gasteiger partial charge on any atom is -0.453 e. The molecule has 0 fully saturated rings. The van der Waals surface area contributed by atoms with Gasteiger partial charge in [-0.25, -0.2) is 0 Å². The number of furan rings is 1. The van der Waals surface area contributed by atoms with Gasteiger partial charge in [0, 0.05) is 10.8 Å². The summed E-state index contributed by atoms with van der Waals surface area (Å²) in [5.74, 6) is 0.488. The van der Waals surface area contributed by atoms with Gasteiger partial charge in [-0.1, -0.05) is 39.0 Å². The van der Waals surface area contributed by atoms with Crippen molar-refractivity contribution in [2.24, 2.45) is 5.41 Å². The highest BCUT2D eigenvalue weighted by Gasteiger charge is 2.25. The van der Waals surface area contributed by atoms with Gasteiger partial charge in [0.05, 0.1) is 0 Å². The van der Waals surface area contributed by atoms with Crippen molar-refractivity contribution < 1.29 is 9.21 Å². The van der Waals surface area contributed by atoms with Gasteiger partial charge in [-0.15, -0.1) is 0 Å². The first-order chi connectivity index (χ1) is 6.98. The number of rotatable bonds is 1. The largest absolute Gasteiger partial charge is 0.453 e. The van der Waals surface area contributed by atoms with Gasteiger partial charge >= 0.3 is 0 Å². The van der Waals surface area contributed by atoms with Crippen molar-refractivity contribution in [3.8, 4) is 0 Å². The Morgan fingerprint density at radius 1 is 1.20 bits per heavy atom. The molecule has 2 aromatic rings. The van der Waals surface area contributed by atoms with E-state index in [4.69, 9.17) is 4.42 Å². The molecule has 0 saturated heterocycles. The number of hydrogen-bond donors (Lipinski definition) is 0. The van der Waals surface area contributed by atoms with Gasteiger partial charge < -0.3 is 4.42 Å². The second-order valence-corrected chi connectivity index (χ2v) is 4.73. The van der Waals surface area contributed by atoms with Crippen molar-refractivity contribution >= 4 is 16.8 Å². The molecule has 0 radical (unpaired) electrons. The number of fused-ring (bicyclic) bond motifs is 1. The van der Waals surface area contributed by atoms with E-state index in [1.54, 1.807) is 0 Å². The van der Waals surface area contributed by atoms with Crippen LogP contribution in [0.5, 0.6) is 0 Å². The number of benzene rings is 1. The summed E-state index contributed by atoms with van der Waals surface area (Å²) in [6.07, 6.45) is 0. The van der Waals surface area contributed by atoms with E-state index in [1.807, 2.05) is 51.1 Å². The van der Waals surface area contributed by atoms with Crippen LogP contribution in [-0.2, 0) is 0 Å². The van der Waals surface area contributed by atoms with Crippen LogP contribution in [0.15, 0.2) is 34.7 Å². The lowest BCUT2D eigenvalue weighted by Crippen LogP contribution is -2.19. The lowest BCUT2D eigenvalue weighted by atomic mass is 9.89. The summed E-state index contributed by atoms with van der Waals surface area (Å²) >= 11 is 0. The van der Waals surface area contributed by atoms with E-state index < -0.39 is 5.41 Å². The number of para-hydroxylation sites is 1. The summed E-state index contributed by atoms with van der Waals surface area (Å²) in [4.78, 5) is 11.9. The molecule has 0 atom stereocenters. The number of ketones is 1. The first kappa shape index (κ1) is 9.97. The second kappa shape index (κ2) is 3.23. The summed E-state index contributed by atoms with van der Waals surface area (Å²) in [6, 6.07) is 9.45. The molecule has 0 aliphatic rings. The van der Waals surface area contributed by atoms with E-state index in [0.29, 0.717) is 5.76 Å². The van der Waals surface area contributed by atoms with Crippen molar-refractivity contribution in [1.29, 1.82) is 0 Å². The fourth-order valence-electron chi connectivity index (χ4n) is 1.46. The molecule has 0 unspecified atom stereocenters. The predicted octanol–water partition coefficient (Wildman–Crippen LogP) is 3.66. The third-order valence-corrected chi connectivity index (χ3v) is 2.33. The van der Waals surface area contributed by atoms with Crippen LogP contribution in [0, 0.1) is 5.41 Å². The van der Waals surface area contributed by atoms with Crippen molar-refractivity contribution in [3.05, 3.63) is 36.1 Å². The van der Waals surface area contributed by atoms with Crippen LogP contribution >= 0.6 is 0 Å². The number of hydrogen-bond acceptors (Lipinski definition) is 2. The number of carbonyl (C=O) groups excluding carboxylic acids is 1. The van der Waals surface area contributed by atoms with Crippen molar-refractivity contribution in [3.63, 3.8) is 0 Å². The third kappa shape index (κ3) is 1.80. The summed E-state index contributed by atoms with van der Waals surface area (Å²) in [5.41, 5.74) is 0.374. The molecule has 2 rings (SSSR count). The zero-order chi connectivity index (χ0) is 11.1. The molecule has 15 heavy (non-hydrogen) atoms. The average molecular weight is 202 g/mol. The lowest BCUT2D eigenvalue weighted by molar-refractivity contribution is 0.0831. The van der Waals surface area contributed by atoms with E-state index in [9.17, 15) is 4.79 Å². The van der Waals surface area contributed by atoms with Crippen molar-refractivity contribution in [2.45, 2.75) is 20.8 Å².